The minimum Gasteiger partial charge on any atom is -0.259 e. The molecule has 18 heavy (non-hydrogen) atoms. The maximum atomic E-state index is 13.7. The highest BCUT2D eigenvalue weighted by atomic mass is 35.5. The van der Waals surface area contributed by atoms with Crippen LogP contribution in [0.1, 0.15) is 5.56 Å². The van der Waals surface area contributed by atoms with Crippen LogP contribution in [0.15, 0.2) is 42.7 Å². The average molecular weight is 262 g/mol. The number of pyridine rings is 1. The van der Waals surface area contributed by atoms with Gasteiger partial charge in [0.25, 0.3) is 0 Å². The molecule has 3 nitrogen and oxygen atoms in total. The van der Waals surface area contributed by atoms with Crippen LogP contribution in [0, 0.1) is 5.82 Å². The van der Waals surface area contributed by atoms with Crippen molar-refractivity contribution in [3.05, 3.63) is 59.1 Å². The van der Waals surface area contributed by atoms with Gasteiger partial charge in [-0.1, -0.05) is 17.7 Å². The van der Waals surface area contributed by atoms with Gasteiger partial charge in [0, 0.05) is 16.8 Å². The molecule has 90 valence electrons. The lowest BCUT2D eigenvalue weighted by atomic mass is 10.2. The van der Waals surface area contributed by atoms with Crippen LogP contribution in [0.5, 0.6) is 0 Å². The van der Waals surface area contributed by atoms with Gasteiger partial charge in [0.2, 0.25) is 0 Å². The Balaban J connectivity index is 2.01. The SMILES string of the molecule is Fc1cc(Cl)ccc1Cn1ncc2ncccc21. The normalized spacial score (nSPS) is 11.0. The molecule has 0 N–H and O–H groups in total. The molecule has 1 aromatic carbocycles. The number of hydrogen-bond acceptors (Lipinski definition) is 2. The van der Waals surface area contributed by atoms with Crippen LogP contribution in [-0.4, -0.2) is 14.8 Å². The highest BCUT2D eigenvalue weighted by Gasteiger charge is 2.07. The molecular formula is C13H9ClFN3. The Labute approximate surface area is 108 Å². The Hall–Kier alpha value is -1.94. The molecule has 2 aromatic heterocycles. The minimum absolute atomic E-state index is 0.324. The molecule has 0 spiro atoms. The number of nitrogens with zero attached hydrogens (tertiary/aromatic N) is 3. The number of hydrogen-bond donors (Lipinski definition) is 0. The van der Waals surface area contributed by atoms with Gasteiger partial charge >= 0.3 is 0 Å². The second kappa shape index (κ2) is 4.38. The second-order valence-corrected chi connectivity index (χ2v) is 4.38. The molecule has 0 amide bonds. The molecule has 0 saturated heterocycles. The van der Waals surface area contributed by atoms with Crippen molar-refractivity contribution in [3.8, 4) is 0 Å². The highest BCUT2D eigenvalue weighted by molar-refractivity contribution is 6.30. The largest absolute Gasteiger partial charge is 0.259 e. The van der Waals surface area contributed by atoms with Crippen molar-refractivity contribution in [2.75, 3.05) is 0 Å². The van der Waals surface area contributed by atoms with E-state index in [1.807, 2.05) is 12.1 Å². The fraction of sp³-hybridized carbons (Fsp3) is 0.0769. The minimum atomic E-state index is -0.324. The van der Waals surface area contributed by atoms with Crippen LogP contribution < -0.4 is 0 Å². The van der Waals surface area contributed by atoms with Crippen LogP contribution in [0.2, 0.25) is 5.02 Å². The molecule has 0 atom stereocenters. The van der Waals surface area contributed by atoms with Gasteiger partial charge < -0.3 is 0 Å². The van der Waals surface area contributed by atoms with Crippen molar-refractivity contribution >= 4 is 22.6 Å². The van der Waals surface area contributed by atoms with Gasteiger partial charge in [-0.25, -0.2) is 4.39 Å². The summed E-state index contributed by atoms with van der Waals surface area (Å²) >= 11 is 5.72. The molecule has 3 aromatic rings. The standard InChI is InChI=1S/C13H9ClFN3/c14-10-4-3-9(11(15)6-10)8-18-13-2-1-5-16-12(13)7-17-18/h1-7H,8H2. The summed E-state index contributed by atoms with van der Waals surface area (Å²) in [6, 6.07) is 8.38. The molecular weight excluding hydrogens is 253 g/mol. The Morgan fingerprint density at radius 2 is 2.17 bits per heavy atom. The van der Waals surface area contributed by atoms with E-state index in [0.717, 1.165) is 11.0 Å². The molecule has 0 aliphatic rings. The third-order valence-corrected chi connectivity index (χ3v) is 2.98. The molecule has 0 aliphatic heterocycles. The van der Waals surface area contributed by atoms with E-state index in [4.69, 9.17) is 11.6 Å². The molecule has 0 saturated carbocycles. The Kier molecular flexibility index (Phi) is 2.72. The monoisotopic (exact) mass is 261 g/mol. The number of benzene rings is 1. The third kappa shape index (κ3) is 1.95. The molecule has 3 rings (SSSR count). The molecule has 0 radical (unpaired) electrons. The van der Waals surface area contributed by atoms with Crippen LogP contribution in [0.25, 0.3) is 11.0 Å². The Bertz CT molecular complexity index is 708. The van der Waals surface area contributed by atoms with E-state index in [0.29, 0.717) is 17.1 Å². The highest BCUT2D eigenvalue weighted by Crippen LogP contribution is 2.17. The molecule has 5 heteroatoms. The quantitative estimate of drug-likeness (QED) is 0.709. The van der Waals surface area contributed by atoms with Gasteiger partial charge in [0.05, 0.1) is 18.3 Å². The first-order valence-corrected chi connectivity index (χ1v) is 5.82. The van der Waals surface area contributed by atoms with E-state index < -0.39 is 0 Å². The van der Waals surface area contributed by atoms with E-state index in [2.05, 4.69) is 10.1 Å². The maximum Gasteiger partial charge on any atom is 0.129 e. The lowest BCUT2D eigenvalue weighted by Crippen LogP contribution is -2.03. The first-order chi connectivity index (χ1) is 8.74. The molecule has 0 bridgehead atoms. The summed E-state index contributed by atoms with van der Waals surface area (Å²) in [4.78, 5) is 4.18. The fourth-order valence-electron chi connectivity index (χ4n) is 1.85. The first kappa shape index (κ1) is 11.2. The Morgan fingerprint density at radius 3 is 3.00 bits per heavy atom. The van der Waals surface area contributed by atoms with Gasteiger partial charge in [-0.3, -0.25) is 9.67 Å². The first-order valence-electron chi connectivity index (χ1n) is 5.44. The van der Waals surface area contributed by atoms with E-state index in [-0.39, 0.29) is 5.82 Å². The third-order valence-electron chi connectivity index (χ3n) is 2.75. The van der Waals surface area contributed by atoms with Gasteiger partial charge in [-0.15, -0.1) is 0 Å². The predicted octanol–water partition coefficient (Wildman–Crippen LogP) is 3.27. The number of halogens is 2. The van der Waals surface area contributed by atoms with Gasteiger partial charge in [-0.2, -0.15) is 5.10 Å². The predicted molar refractivity (Wildman–Crippen MR) is 68.0 cm³/mol. The molecule has 0 unspecified atom stereocenters. The fourth-order valence-corrected chi connectivity index (χ4v) is 2.01. The Morgan fingerprint density at radius 1 is 1.28 bits per heavy atom. The van der Waals surface area contributed by atoms with Crippen molar-refractivity contribution in [1.82, 2.24) is 14.8 Å². The average Bonchev–Trinajstić information content (AvgIpc) is 2.76. The molecule has 0 fully saturated rings. The summed E-state index contributed by atoms with van der Waals surface area (Å²) in [6.07, 6.45) is 3.38. The lowest BCUT2D eigenvalue weighted by molar-refractivity contribution is 0.590. The topological polar surface area (TPSA) is 30.7 Å². The zero-order chi connectivity index (χ0) is 12.5. The zero-order valence-corrected chi connectivity index (χ0v) is 10.1. The van der Waals surface area contributed by atoms with Crippen molar-refractivity contribution in [3.63, 3.8) is 0 Å². The van der Waals surface area contributed by atoms with Crippen molar-refractivity contribution in [2.24, 2.45) is 0 Å². The maximum absolute atomic E-state index is 13.7. The number of rotatable bonds is 2. The van der Waals surface area contributed by atoms with Crippen molar-refractivity contribution in [2.45, 2.75) is 6.54 Å². The van der Waals surface area contributed by atoms with Crippen LogP contribution in [0.3, 0.4) is 0 Å². The zero-order valence-electron chi connectivity index (χ0n) is 9.35. The summed E-state index contributed by atoms with van der Waals surface area (Å²) in [6.45, 7) is 0.359. The van der Waals surface area contributed by atoms with Crippen LogP contribution >= 0.6 is 11.6 Å². The summed E-state index contributed by atoms with van der Waals surface area (Å²) in [7, 11) is 0. The van der Waals surface area contributed by atoms with E-state index in [1.165, 1.54) is 6.07 Å². The smallest absolute Gasteiger partial charge is 0.129 e. The van der Waals surface area contributed by atoms with Gasteiger partial charge in [0.1, 0.15) is 11.3 Å². The second-order valence-electron chi connectivity index (χ2n) is 3.95. The molecule has 0 aliphatic carbocycles. The molecule has 2 heterocycles. The van der Waals surface area contributed by atoms with Gasteiger partial charge in [0.15, 0.2) is 0 Å². The van der Waals surface area contributed by atoms with Crippen LogP contribution in [0.4, 0.5) is 4.39 Å². The summed E-state index contributed by atoms with van der Waals surface area (Å²) in [5, 5.41) is 4.60. The van der Waals surface area contributed by atoms with E-state index >= 15 is 0 Å². The van der Waals surface area contributed by atoms with E-state index in [1.54, 1.807) is 29.2 Å². The van der Waals surface area contributed by atoms with Crippen molar-refractivity contribution in [1.29, 1.82) is 0 Å². The summed E-state index contributed by atoms with van der Waals surface area (Å²) in [5.74, 6) is -0.324. The summed E-state index contributed by atoms with van der Waals surface area (Å²) in [5.41, 5.74) is 2.23. The van der Waals surface area contributed by atoms with Gasteiger partial charge in [-0.05, 0) is 24.3 Å². The number of aromatic nitrogens is 3. The van der Waals surface area contributed by atoms with Crippen molar-refractivity contribution < 1.29 is 4.39 Å². The van der Waals surface area contributed by atoms with E-state index in [9.17, 15) is 4.39 Å². The lowest BCUT2D eigenvalue weighted by Gasteiger charge is -2.05. The summed E-state index contributed by atoms with van der Waals surface area (Å²) < 4.78 is 15.4. The number of fused-ring (bicyclic) bond motifs is 1. The van der Waals surface area contributed by atoms with Crippen LogP contribution in [-0.2, 0) is 6.54 Å².